The Bertz CT molecular complexity index is 530. The number of phenols is 1. The van der Waals surface area contributed by atoms with E-state index in [1.54, 1.807) is 4.90 Å². The third-order valence-electron chi connectivity index (χ3n) is 3.57. The van der Waals surface area contributed by atoms with Crippen LogP contribution in [0.15, 0.2) is 18.2 Å². The predicted molar refractivity (Wildman–Crippen MR) is 74.1 cm³/mol. The highest BCUT2D eigenvalue weighted by Crippen LogP contribution is 2.28. The number of nitrogens with one attached hydrogen (secondary N) is 1. The van der Waals surface area contributed by atoms with Crippen molar-refractivity contribution in [2.45, 2.75) is 32.2 Å². The van der Waals surface area contributed by atoms with Crippen LogP contribution in [0.2, 0.25) is 0 Å². The average Bonchev–Trinajstić information content (AvgIpc) is 2.41. The first-order chi connectivity index (χ1) is 9.50. The molecule has 1 fully saturated rings. The van der Waals surface area contributed by atoms with E-state index in [0.717, 1.165) is 19.3 Å². The summed E-state index contributed by atoms with van der Waals surface area (Å²) in [5.74, 6) is -1.65. The topological polar surface area (TPSA) is 89.9 Å². The van der Waals surface area contributed by atoms with Crippen molar-refractivity contribution in [1.29, 1.82) is 0 Å². The number of carboxylic acid groups (broad SMARTS) is 1. The van der Waals surface area contributed by atoms with Crippen LogP contribution in [0.1, 0.15) is 36.5 Å². The van der Waals surface area contributed by atoms with E-state index in [2.05, 4.69) is 5.32 Å². The molecule has 0 saturated carbocycles. The number of urea groups is 1. The number of rotatable bonds is 2. The molecule has 1 aliphatic rings. The van der Waals surface area contributed by atoms with Gasteiger partial charge in [-0.3, -0.25) is 0 Å². The second-order valence-corrected chi connectivity index (χ2v) is 4.98. The first kappa shape index (κ1) is 14.2. The Morgan fingerprint density at radius 3 is 2.75 bits per heavy atom. The standard InChI is InChI=1S/C14H18N2O4/c1-9-5-2-3-8-16(9)14(20)15-11-7-4-6-10(12(11)17)13(18)19/h4,6-7,9,17H,2-3,5,8H2,1H3,(H,15,20)(H,18,19). The number of carboxylic acids is 1. The zero-order valence-corrected chi connectivity index (χ0v) is 11.3. The van der Waals surface area contributed by atoms with E-state index < -0.39 is 11.7 Å². The van der Waals surface area contributed by atoms with Gasteiger partial charge in [0, 0.05) is 12.6 Å². The molecule has 1 atom stereocenters. The molecule has 6 heteroatoms. The van der Waals surface area contributed by atoms with Gasteiger partial charge in [0.25, 0.3) is 0 Å². The van der Waals surface area contributed by atoms with E-state index in [1.807, 2.05) is 6.92 Å². The normalized spacial score (nSPS) is 18.6. The molecule has 2 amide bonds. The summed E-state index contributed by atoms with van der Waals surface area (Å²) in [5, 5.41) is 21.4. The highest BCUT2D eigenvalue weighted by Gasteiger charge is 2.24. The van der Waals surface area contributed by atoms with E-state index in [-0.39, 0.29) is 23.3 Å². The lowest BCUT2D eigenvalue weighted by Crippen LogP contribution is -2.44. The number of benzene rings is 1. The smallest absolute Gasteiger partial charge is 0.339 e. The van der Waals surface area contributed by atoms with Crippen molar-refractivity contribution in [2.75, 3.05) is 11.9 Å². The molecule has 0 radical (unpaired) electrons. The number of para-hydroxylation sites is 1. The van der Waals surface area contributed by atoms with Crippen LogP contribution in [-0.2, 0) is 0 Å². The summed E-state index contributed by atoms with van der Waals surface area (Å²) in [6.07, 6.45) is 3.01. The molecule has 3 N–H and O–H groups in total. The molecule has 0 aliphatic carbocycles. The molecule has 0 spiro atoms. The zero-order chi connectivity index (χ0) is 14.7. The Labute approximate surface area is 117 Å². The summed E-state index contributed by atoms with van der Waals surface area (Å²) < 4.78 is 0. The van der Waals surface area contributed by atoms with Gasteiger partial charge in [0.15, 0.2) is 5.75 Å². The Morgan fingerprint density at radius 2 is 2.10 bits per heavy atom. The number of hydrogen-bond acceptors (Lipinski definition) is 3. The molecule has 1 heterocycles. The fraction of sp³-hybridized carbons (Fsp3) is 0.429. The Balaban J connectivity index is 2.15. The number of likely N-dealkylation sites (tertiary alicyclic amines) is 1. The van der Waals surface area contributed by atoms with Gasteiger partial charge in [-0.2, -0.15) is 0 Å². The summed E-state index contributed by atoms with van der Waals surface area (Å²) in [7, 11) is 0. The Kier molecular flexibility index (Phi) is 4.12. The third-order valence-corrected chi connectivity index (χ3v) is 3.57. The van der Waals surface area contributed by atoms with E-state index in [1.165, 1.54) is 18.2 Å². The van der Waals surface area contributed by atoms with Gasteiger partial charge < -0.3 is 20.4 Å². The molecule has 1 aromatic rings. The van der Waals surface area contributed by atoms with Crippen molar-refractivity contribution in [2.24, 2.45) is 0 Å². The molecular formula is C14H18N2O4. The molecule has 2 rings (SSSR count). The van der Waals surface area contributed by atoms with Gasteiger partial charge in [-0.05, 0) is 38.3 Å². The van der Waals surface area contributed by atoms with Crippen molar-refractivity contribution in [3.05, 3.63) is 23.8 Å². The largest absolute Gasteiger partial charge is 0.505 e. The average molecular weight is 278 g/mol. The van der Waals surface area contributed by atoms with E-state index in [0.29, 0.717) is 6.54 Å². The molecule has 6 nitrogen and oxygen atoms in total. The first-order valence-electron chi connectivity index (χ1n) is 6.63. The molecule has 20 heavy (non-hydrogen) atoms. The van der Waals surface area contributed by atoms with Crippen LogP contribution in [0.4, 0.5) is 10.5 Å². The Hall–Kier alpha value is -2.24. The van der Waals surface area contributed by atoms with Crippen molar-refractivity contribution in [1.82, 2.24) is 4.90 Å². The van der Waals surface area contributed by atoms with Crippen LogP contribution in [-0.4, -0.2) is 39.7 Å². The summed E-state index contributed by atoms with van der Waals surface area (Å²) >= 11 is 0. The molecule has 0 bridgehead atoms. The van der Waals surface area contributed by atoms with Gasteiger partial charge in [-0.15, -0.1) is 0 Å². The Morgan fingerprint density at radius 1 is 1.35 bits per heavy atom. The third kappa shape index (κ3) is 2.84. The number of carbonyl (C=O) groups excluding carboxylic acids is 1. The lowest BCUT2D eigenvalue weighted by molar-refractivity contribution is 0.0693. The minimum Gasteiger partial charge on any atom is -0.505 e. The van der Waals surface area contributed by atoms with Crippen LogP contribution in [0.25, 0.3) is 0 Å². The van der Waals surface area contributed by atoms with Gasteiger partial charge >= 0.3 is 12.0 Å². The van der Waals surface area contributed by atoms with Crippen LogP contribution in [0.3, 0.4) is 0 Å². The predicted octanol–water partition coefficient (Wildman–Crippen LogP) is 2.50. The van der Waals surface area contributed by atoms with Crippen LogP contribution < -0.4 is 5.32 Å². The van der Waals surface area contributed by atoms with E-state index >= 15 is 0 Å². The van der Waals surface area contributed by atoms with Crippen molar-refractivity contribution < 1.29 is 19.8 Å². The highest BCUT2D eigenvalue weighted by atomic mass is 16.4. The quantitative estimate of drug-likeness (QED) is 0.725. The SMILES string of the molecule is CC1CCCCN1C(=O)Nc1cccc(C(=O)O)c1O. The number of aromatic hydroxyl groups is 1. The van der Waals surface area contributed by atoms with Gasteiger partial charge in [-0.1, -0.05) is 6.07 Å². The van der Waals surface area contributed by atoms with Gasteiger partial charge in [0.05, 0.1) is 5.69 Å². The lowest BCUT2D eigenvalue weighted by atomic mass is 10.0. The number of hydrogen-bond donors (Lipinski definition) is 3. The van der Waals surface area contributed by atoms with Crippen LogP contribution in [0.5, 0.6) is 5.75 Å². The minimum absolute atomic E-state index is 0.118. The minimum atomic E-state index is -1.23. The van der Waals surface area contributed by atoms with Crippen LogP contribution in [0, 0.1) is 0 Å². The highest BCUT2D eigenvalue weighted by molar-refractivity contribution is 5.97. The first-order valence-corrected chi connectivity index (χ1v) is 6.63. The molecular weight excluding hydrogens is 260 g/mol. The van der Waals surface area contributed by atoms with Gasteiger partial charge in [-0.25, -0.2) is 9.59 Å². The zero-order valence-electron chi connectivity index (χ0n) is 11.3. The molecule has 1 saturated heterocycles. The molecule has 1 aliphatic heterocycles. The number of amides is 2. The summed E-state index contributed by atoms with van der Waals surface area (Å²) in [6.45, 7) is 2.65. The van der Waals surface area contributed by atoms with Gasteiger partial charge in [0.2, 0.25) is 0 Å². The van der Waals surface area contributed by atoms with Crippen molar-refractivity contribution >= 4 is 17.7 Å². The summed E-state index contributed by atoms with van der Waals surface area (Å²) in [6, 6.07) is 4.09. The number of aromatic carboxylic acids is 1. The van der Waals surface area contributed by atoms with Crippen molar-refractivity contribution in [3.8, 4) is 5.75 Å². The molecule has 108 valence electrons. The van der Waals surface area contributed by atoms with E-state index in [4.69, 9.17) is 5.11 Å². The molecule has 0 aromatic heterocycles. The fourth-order valence-electron chi connectivity index (χ4n) is 2.40. The van der Waals surface area contributed by atoms with E-state index in [9.17, 15) is 14.7 Å². The maximum absolute atomic E-state index is 12.2. The number of anilines is 1. The lowest BCUT2D eigenvalue weighted by Gasteiger charge is -2.33. The second-order valence-electron chi connectivity index (χ2n) is 4.98. The van der Waals surface area contributed by atoms with Gasteiger partial charge in [0.1, 0.15) is 5.56 Å². The monoisotopic (exact) mass is 278 g/mol. The number of carbonyl (C=O) groups is 2. The second kappa shape index (κ2) is 5.81. The summed E-state index contributed by atoms with van der Waals surface area (Å²) in [4.78, 5) is 24.8. The molecule has 1 aromatic carbocycles. The number of piperidine rings is 1. The maximum atomic E-state index is 12.2. The van der Waals surface area contributed by atoms with Crippen molar-refractivity contribution in [3.63, 3.8) is 0 Å². The maximum Gasteiger partial charge on any atom is 0.339 e. The number of nitrogens with zero attached hydrogens (tertiary/aromatic N) is 1. The molecule has 1 unspecified atom stereocenters. The van der Waals surface area contributed by atoms with Crippen LogP contribution >= 0.6 is 0 Å². The summed E-state index contributed by atoms with van der Waals surface area (Å²) in [5.41, 5.74) is -0.109. The fourth-order valence-corrected chi connectivity index (χ4v) is 2.40.